The van der Waals surface area contributed by atoms with Crippen LogP contribution in [0.1, 0.15) is 55.0 Å². The van der Waals surface area contributed by atoms with E-state index in [1.165, 1.54) is 18.6 Å². The predicted octanol–water partition coefficient (Wildman–Crippen LogP) is 8.95. The van der Waals surface area contributed by atoms with Gasteiger partial charge >= 0.3 is 16.4 Å². The van der Waals surface area contributed by atoms with E-state index >= 15 is 0 Å². The highest BCUT2D eigenvalue weighted by Crippen LogP contribution is 2.42. The fourth-order valence-corrected chi connectivity index (χ4v) is 7.82. The molecule has 0 radical (unpaired) electrons. The Morgan fingerprint density at radius 2 is 1.38 bits per heavy atom. The topological polar surface area (TPSA) is 87.5 Å². The average Bonchev–Trinajstić information content (AvgIpc) is 3.65. The number of alkyl halides is 3. The summed E-state index contributed by atoms with van der Waals surface area (Å²) >= 11 is 0. The number of anilines is 1. The molecule has 1 saturated carbocycles. The van der Waals surface area contributed by atoms with Crippen molar-refractivity contribution >= 4 is 15.9 Å². The summed E-state index contributed by atoms with van der Waals surface area (Å²) in [6.07, 6.45) is 3.87. The van der Waals surface area contributed by atoms with Crippen LogP contribution in [0.15, 0.2) is 121 Å². The van der Waals surface area contributed by atoms with E-state index in [2.05, 4.69) is 36.4 Å². The second kappa shape index (κ2) is 12.5. The van der Waals surface area contributed by atoms with Crippen LogP contribution in [-0.4, -0.2) is 23.1 Å². The lowest BCUT2D eigenvalue weighted by Gasteiger charge is -2.31. The van der Waals surface area contributed by atoms with Gasteiger partial charge in [0.25, 0.3) is 0 Å². The summed E-state index contributed by atoms with van der Waals surface area (Å²) in [4.78, 5) is 5.14. The molecular weight excluding hydrogens is 637 g/mol. The van der Waals surface area contributed by atoms with Crippen molar-refractivity contribution in [3.05, 3.63) is 138 Å². The Labute approximate surface area is 277 Å². The van der Waals surface area contributed by atoms with Crippen LogP contribution < -0.4 is 9.03 Å². The zero-order valence-corrected chi connectivity index (χ0v) is 26.6. The molecule has 7 nitrogen and oxygen atoms in total. The molecule has 1 unspecified atom stereocenters. The number of benzene rings is 4. The van der Waals surface area contributed by atoms with Crippen molar-refractivity contribution in [2.24, 2.45) is 5.92 Å². The number of hydrogen-bond donors (Lipinski definition) is 2. The van der Waals surface area contributed by atoms with Gasteiger partial charge in [0.05, 0.1) is 23.1 Å². The van der Waals surface area contributed by atoms with Crippen LogP contribution in [0, 0.1) is 5.92 Å². The lowest BCUT2D eigenvalue weighted by molar-refractivity contribution is -0.137. The normalized spacial score (nSPS) is 17.1. The van der Waals surface area contributed by atoms with Gasteiger partial charge in [0.15, 0.2) is 0 Å². The molecule has 7 rings (SSSR count). The molecule has 5 aromatic rings. The number of rotatable bonds is 7. The first kappa shape index (κ1) is 31.6. The minimum absolute atomic E-state index is 0.110. The Hall–Kier alpha value is -5.03. The Balaban J connectivity index is 1.34. The fourth-order valence-electron chi connectivity index (χ4n) is 6.76. The van der Waals surface area contributed by atoms with Crippen LogP contribution >= 0.6 is 0 Å². The Kier molecular flexibility index (Phi) is 8.24. The average molecular weight is 671 g/mol. The lowest BCUT2D eigenvalue weighted by atomic mass is 9.76. The summed E-state index contributed by atoms with van der Waals surface area (Å²) in [7, 11) is -3.97. The molecule has 1 fully saturated rings. The molecule has 0 amide bonds. The van der Waals surface area contributed by atoms with Crippen LogP contribution in [0.5, 0.6) is 0 Å². The number of imidazole rings is 1. The van der Waals surface area contributed by atoms with Crippen molar-refractivity contribution in [1.82, 2.24) is 14.3 Å². The summed E-state index contributed by atoms with van der Waals surface area (Å²) in [5, 5.41) is 9.77. The second-order valence-electron chi connectivity index (χ2n) is 12.2. The summed E-state index contributed by atoms with van der Waals surface area (Å²) in [6.45, 7) is 0. The Bertz CT molecular complexity index is 2040. The van der Waals surface area contributed by atoms with Gasteiger partial charge in [-0.2, -0.15) is 21.6 Å². The molecule has 0 bridgehead atoms. The molecule has 2 N–H and O–H groups in total. The van der Waals surface area contributed by atoms with Crippen LogP contribution in [-0.2, 0) is 16.4 Å². The van der Waals surface area contributed by atoms with Gasteiger partial charge < -0.3 is 9.67 Å². The molecule has 1 aromatic heterocycles. The molecule has 0 spiro atoms. The molecule has 1 atom stereocenters. The number of hydrogen-bond acceptors (Lipinski definition) is 4. The first-order valence-electron chi connectivity index (χ1n) is 15.8. The molecule has 246 valence electrons. The van der Waals surface area contributed by atoms with Gasteiger partial charge in [-0.05, 0) is 71.8 Å². The molecule has 2 heterocycles. The van der Waals surface area contributed by atoms with E-state index in [1.807, 2.05) is 33.7 Å². The van der Waals surface area contributed by atoms with E-state index in [0.717, 1.165) is 70.8 Å². The number of aromatic nitrogens is 2. The zero-order valence-electron chi connectivity index (χ0n) is 25.8. The van der Waals surface area contributed by atoms with Gasteiger partial charge in [0, 0.05) is 23.4 Å². The number of aliphatic hydroxyl groups excluding tert-OH is 1. The number of halogens is 3. The smallest absolute Gasteiger partial charge is 0.416 e. The molecule has 0 saturated heterocycles. The number of aliphatic hydroxyl groups is 1. The van der Waals surface area contributed by atoms with Gasteiger partial charge in [0.1, 0.15) is 5.82 Å². The van der Waals surface area contributed by atoms with Crippen LogP contribution in [0.25, 0.3) is 28.1 Å². The minimum atomic E-state index is -4.45. The van der Waals surface area contributed by atoms with E-state index in [-0.39, 0.29) is 11.8 Å². The van der Waals surface area contributed by atoms with E-state index in [1.54, 1.807) is 24.3 Å². The maximum absolute atomic E-state index is 13.4. The van der Waals surface area contributed by atoms with Crippen LogP contribution in [0.4, 0.5) is 18.9 Å². The summed E-state index contributed by atoms with van der Waals surface area (Å²) in [5.41, 5.74) is 4.69. The molecule has 4 aromatic carbocycles. The fraction of sp³-hybridized carbons (Fsp3) is 0.216. The lowest BCUT2D eigenvalue weighted by Crippen LogP contribution is -2.29. The first-order chi connectivity index (χ1) is 23.1. The van der Waals surface area contributed by atoms with Crippen LogP contribution in [0.2, 0.25) is 0 Å². The van der Waals surface area contributed by atoms with Crippen molar-refractivity contribution in [2.45, 2.75) is 44.2 Å². The Morgan fingerprint density at radius 3 is 1.98 bits per heavy atom. The van der Waals surface area contributed by atoms with Crippen molar-refractivity contribution in [1.29, 1.82) is 0 Å². The van der Waals surface area contributed by atoms with Crippen molar-refractivity contribution in [2.75, 3.05) is 4.31 Å². The third kappa shape index (κ3) is 6.29. The predicted molar refractivity (Wildman–Crippen MR) is 180 cm³/mol. The van der Waals surface area contributed by atoms with E-state index in [9.17, 15) is 26.7 Å². The highest BCUT2D eigenvalue weighted by Gasteiger charge is 2.33. The third-order valence-corrected chi connectivity index (χ3v) is 10.4. The Morgan fingerprint density at radius 1 is 0.771 bits per heavy atom. The molecular formula is C37H33F3N4O3S. The monoisotopic (exact) mass is 670 g/mol. The van der Waals surface area contributed by atoms with Crippen LogP contribution in [0.3, 0.4) is 0 Å². The largest absolute Gasteiger partial charge is 0.493 e. The second-order valence-corrected chi connectivity index (χ2v) is 13.8. The van der Waals surface area contributed by atoms with Crippen molar-refractivity contribution in [3.8, 4) is 28.1 Å². The van der Waals surface area contributed by atoms with Gasteiger partial charge in [-0.3, -0.25) is 0 Å². The van der Waals surface area contributed by atoms with E-state index < -0.39 is 27.8 Å². The molecule has 11 heteroatoms. The van der Waals surface area contributed by atoms with Gasteiger partial charge in [-0.1, -0.05) is 86.0 Å². The van der Waals surface area contributed by atoms with Crippen molar-refractivity contribution < 1.29 is 26.7 Å². The minimum Gasteiger partial charge on any atom is -0.493 e. The number of nitrogens with zero attached hydrogens (tertiary/aromatic N) is 3. The van der Waals surface area contributed by atoms with Gasteiger partial charge in [0.2, 0.25) is 5.88 Å². The summed E-state index contributed by atoms with van der Waals surface area (Å²) in [6, 6.07) is 30.5. The molecule has 2 aliphatic rings. The maximum atomic E-state index is 13.4. The standard InChI is InChI=1S/C37H33F3N4O3S/c38-37(39,40)30-17-15-27(16-18-30)33-23-43(31-19-21-32(22-20-31)44-24-34(45)42-48(44,46)47)36(41-33)35(28-9-5-2-6-10-28)29-13-11-26(12-14-29)25-7-3-1-4-8-25/h1,3-4,7-8,11-24,28,35,42,45H,2,5-6,9-10H2. The first-order valence-corrected chi connectivity index (χ1v) is 17.3. The summed E-state index contributed by atoms with van der Waals surface area (Å²) < 4.78 is 70.1. The van der Waals surface area contributed by atoms with Crippen molar-refractivity contribution in [3.63, 3.8) is 0 Å². The maximum Gasteiger partial charge on any atom is 0.416 e. The highest BCUT2D eigenvalue weighted by atomic mass is 32.2. The van der Waals surface area contributed by atoms with E-state index in [4.69, 9.17) is 4.98 Å². The van der Waals surface area contributed by atoms with E-state index in [0.29, 0.717) is 22.6 Å². The number of nitrogens with one attached hydrogen (secondary N) is 1. The third-order valence-electron chi connectivity index (χ3n) is 9.13. The van der Waals surface area contributed by atoms with Gasteiger partial charge in [-0.15, -0.1) is 0 Å². The molecule has 1 aliphatic heterocycles. The molecule has 1 aliphatic carbocycles. The molecule has 48 heavy (non-hydrogen) atoms. The highest BCUT2D eigenvalue weighted by molar-refractivity contribution is 7.91. The summed E-state index contributed by atoms with van der Waals surface area (Å²) in [5.74, 6) is 0.452. The zero-order chi connectivity index (χ0) is 33.5. The SMILES string of the molecule is O=S1(=O)NC(O)=CN1c1ccc(-n2cc(-c3ccc(C(F)(F)F)cc3)nc2C(c2ccc(-c3ccccc3)cc2)C2CCCCC2)cc1. The van der Waals surface area contributed by atoms with Gasteiger partial charge in [-0.25, -0.2) is 14.0 Å². The quantitative estimate of drug-likeness (QED) is 0.181.